The molecular weight excluding hydrogens is 464 g/mol. The van der Waals surface area contributed by atoms with E-state index in [4.69, 9.17) is 10.1 Å². The lowest BCUT2D eigenvalue weighted by Crippen LogP contribution is -2.53. The van der Waals surface area contributed by atoms with E-state index in [1.807, 2.05) is 32.2 Å². The van der Waals surface area contributed by atoms with Crippen LogP contribution in [0.25, 0.3) is 16.6 Å². The summed E-state index contributed by atoms with van der Waals surface area (Å²) in [7, 11) is 0. The zero-order valence-corrected chi connectivity index (χ0v) is 22.9. The van der Waals surface area contributed by atoms with Gasteiger partial charge in [-0.05, 0) is 84.1 Å². The average molecular weight is 505 g/mol. The summed E-state index contributed by atoms with van der Waals surface area (Å²) in [6.07, 6.45) is 8.53. The van der Waals surface area contributed by atoms with Crippen LogP contribution >= 0.6 is 0 Å². The fourth-order valence-corrected chi connectivity index (χ4v) is 6.34. The van der Waals surface area contributed by atoms with Crippen molar-refractivity contribution in [3.8, 4) is 0 Å². The monoisotopic (exact) mass is 504 g/mol. The van der Waals surface area contributed by atoms with Crippen molar-refractivity contribution in [3.05, 3.63) is 62.8 Å². The number of H-pyrrole nitrogens is 1. The van der Waals surface area contributed by atoms with Crippen LogP contribution in [0, 0.1) is 13.8 Å². The van der Waals surface area contributed by atoms with Crippen LogP contribution in [0.3, 0.4) is 0 Å². The minimum absolute atomic E-state index is 0.0864. The molecule has 4 N–H and O–H groups in total. The Kier molecular flexibility index (Phi) is 6.63. The highest BCUT2D eigenvalue weighted by Crippen LogP contribution is 2.37. The summed E-state index contributed by atoms with van der Waals surface area (Å²) in [6, 6.07) is 4.28. The van der Waals surface area contributed by atoms with Gasteiger partial charge in [0.2, 0.25) is 0 Å². The van der Waals surface area contributed by atoms with Gasteiger partial charge in [0.25, 0.3) is 5.56 Å². The van der Waals surface area contributed by atoms with Gasteiger partial charge in [0.05, 0.1) is 17.9 Å². The quantitative estimate of drug-likeness (QED) is 0.367. The summed E-state index contributed by atoms with van der Waals surface area (Å²) in [5, 5.41) is 23.9. The highest BCUT2D eigenvalue weighted by atomic mass is 16.3. The van der Waals surface area contributed by atoms with Crippen molar-refractivity contribution in [2.75, 3.05) is 0 Å². The van der Waals surface area contributed by atoms with Crippen LogP contribution in [0.1, 0.15) is 100 Å². The maximum atomic E-state index is 12.5. The van der Waals surface area contributed by atoms with Crippen LogP contribution in [-0.4, -0.2) is 35.9 Å². The maximum absolute atomic E-state index is 12.5. The third-order valence-corrected chi connectivity index (χ3v) is 7.69. The fraction of sp³-hybridized carbons (Fsp3) is 0.552. The number of aliphatic hydroxyl groups is 1. The highest BCUT2D eigenvalue weighted by molar-refractivity contribution is 5.82. The van der Waals surface area contributed by atoms with Crippen LogP contribution in [0.15, 0.2) is 29.2 Å². The Balaban J connectivity index is 1.57. The summed E-state index contributed by atoms with van der Waals surface area (Å²) in [4.78, 5) is 20.5. The summed E-state index contributed by atoms with van der Waals surface area (Å²) in [5.74, 6) is 0. The smallest absolute Gasteiger partial charge is 0.252 e. The lowest BCUT2D eigenvalue weighted by molar-refractivity contribution is 0.138. The molecule has 0 spiro atoms. The van der Waals surface area contributed by atoms with Gasteiger partial charge in [-0.1, -0.05) is 18.9 Å². The summed E-state index contributed by atoms with van der Waals surface area (Å²) < 4.78 is 2.06. The van der Waals surface area contributed by atoms with E-state index in [1.54, 1.807) is 0 Å². The number of hydrogen-bond donors (Lipinski definition) is 4. The topological polar surface area (TPSA) is 108 Å². The molecule has 1 unspecified atom stereocenters. The molecule has 1 fully saturated rings. The van der Waals surface area contributed by atoms with Crippen LogP contribution in [0.5, 0.6) is 0 Å². The molecule has 4 heterocycles. The first-order chi connectivity index (χ1) is 17.4. The number of nitrogens with one attached hydrogen (secondary N) is 3. The SMILES string of the molecule is Cc1cc(C)c(CNC(O)c2cc(C3=CC(C)(C)NC(C)(C)C3)nc3c2cnn3C2CCCC2)c(=O)[nH]1. The van der Waals surface area contributed by atoms with Crippen LogP contribution < -0.4 is 16.2 Å². The lowest BCUT2D eigenvalue weighted by atomic mass is 9.82. The minimum atomic E-state index is -0.978. The van der Waals surface area contributed by atoms with Gasteiger partial charge in [0.15, 0.2) is 5.65 Å². The second kappa shape index (κ2) is 9.49. The van der Waals surface area contributed by atoms with Crippen molar-refractivity contribution in [2.24, 2.45) is 0 Å². The fourth-order valence-electron chi connectivity index (χ4n) is 6.34. The molecule has 0 radical (unpaired) electrons. The van der Waals surface area contributed by atoms with E-state index in [2.05, 4.69) is 54.1 Å². The molecule has 0 amide bonds. The normalized spacial score (nSPS) is 20.4. The Morgan fingerprint density at radius 2 is 1.92 bits per heavy atom. The van der Waals surface area contributed by atoms with Gasteiger partial charge in [-0.15, -0.1) is 0 Å². The van der Waals surface area contributed by atoms with E-state index < -0.39 is 6.23 Å². The maximum Gasteiger partial charge on any atom is 0.252 e. The number of aromatic amines is 1. The molecule has 3 aromatic rings. The Labute approximate surface area is 218 Å². The molecule has 0 bridgehead atoms. The number of nitrogens with zero attached hydrogens (tertiary/aromatic N) is 3. The molecule has 2 aliphatic rings. The molecule has 1 atom stereocenters. The molecule has 1 saturated carbocycles. The molecule has 8 heteroatoms. The number of aromatic nitrogens is 4. The van der Waals surface area contributed by atoms with Gasteiger partial charge < -0.3 is 15.4 Å². The van der Waals surface area contributed by atoms with Crippen LogP contribution in [0.4, 0.5) is 0 Å². The Hall–Kier alpha value is -2.81. The minimum Gasteiger partial charge on any atom is -0.374 e. The number of aryl methyl sites for hydroxylation is 2. The number of aliphatic hydroxyl groups excluding tert-OH is 1. The van der Waals surface area contributed by atoms with Crippen molar-refractivity contribution in [1.82, 2.24) is 30.4 Å². The first-order valence-electron chi connectivity index (χ1n) is 13.4. The van der Waals surface area contributed by atoms with Crippen molar-refractivity contribution < 1.29 is 5.11 Å². The average Bonchev–Trinajstić information content (AvgIpc) is 3.45. The molecule has 0 saturated heterocycles. The van der Waals surface area contributed by atoms with Gasteiger partial charge in [-0.2, -0.15) is 5.10 Å². The Morgan fingerprint density at radius 3 is 2.59 bits per heavy atom. The summed E-state index contributed by atoms with van der Waals surface area (Å²) >= 11 is 0. The Bertz CT molecular complexity index is 1410. The summed E-state index contributed by atoms with van der Waals surface area (Å²) in [5.41, 5.74) is 5.55. The predicted molar refractivity (Wildman–Crippen MR) is 147 cm³/mol. The first kappa shape index (κ1) is 25.8. The van der Waals surface area contributed by atoms with Gasteiger partial charge in [-0.25, -0.2) is 9.67 Å². The third-order valence-electron chi connectivity index (χ3n) is 7.69. The van der Waals surface area contributed by atoms with Gasteiger partial charge >= 0.3 is 0 Å². The number of rotatable bonds is 6. The molecule has 37 heavy (non-hydrogen) atoms. The van der Waals surface area contributed by atoms with E-state index >= 15 is 0 Å². The summed E-state index contributed by atoms with van der Waals surface area (Å²) in [6.45, 7) is 12.8. The van der Waals surface area contributed by atoms with Crippen molar-refractivity contribution in [1.29, 1.82) is 0 Å². The second-order valence-electron chi connectivity index (χ2n) is 12.2. The molecule has 8 nitrogen and oxygen atoms in total. The standard InChI is InChI=1S/C29H40N6O2/c1-17-11-18(2)32-27(37)22(17)15-30-26(36)21-12-24(19-13-28(3,4)34-29(5,6)14-19)33-25-23(21)16-31-35(25)20-9-7-8-10-20/h11-13,16,20,26,30,34,36H,7-10,14-15H2,1-6H3,(H,32,37). The number of fused-ring (bicyclic) bond motifs is 1. The van der Waals surface area contributed by atoms with Crippen LogP contribution in [-0.2, 0) is 6.54 Å². The molecular formula is C29H40N6O2. The number of hydrogen-bond acceptors (Lipinski definition) is 6. The largest absolute Gasteiger partial charge is 0.374 e. The molecule has 3 aromatic heterocycles. The van der Waals surface area contributed by atoms with Gasteiger partial charge in [0.1, 0.15) is 6.23 Å². The third kappa shape index (κ3) is 5.28. The molecule has 1 aliphatic heterocycles. The van der Waals surface area contributed by atoms with E-state index in [9.17, 15) is 9.90 Å². The zero-order valence-electron chi connectivity index (χ0n) is 22.9. The molecule has 0 aromatic carbocycles. The molecule has 198 valence electrons. The van der Waals surface area contributed by atoms with Crippen molar-refractivity contribution >= 4 is 16.6 Å². The molecule has 1 aliphatic carbocycles. The Morgan fingerprint density at radius 1 is 1.19 bits per heavy atom. The zero-order chi connectivity index (χ0) is 26.5. The van der Waals surface area contributed by atoms with E-state index in [0.717, 1.165) is 58.4 Å². The van der Waals surface area contributed by atoms with E-state index in [0.29, 0.717) is 11.6 Å². The number of pyridine rings is 2. The van der Waals surface area contributed by atoms with Crippen LogP contribution in [0.2, 0.25) is 0 Å². The first-order valence-corrected chi connectivity index (χ1v) is 13.4. The highest BCUT2D eigenvalue weighted by Gasteiger charge is 2.34. The predicted octanol–water partition coefficient (Wildman–Crippen LogP) is 4.57. The van der Waals surface area contributed by atoms with E-state index in [1.165, 1.54) is 12.8 Å². The van der Waals surface area contributed by atoms with Crippen molar-refractivity contribution in [3.63, 3.8) is 0 Å². The van der Waals surface area contributed by atoms with Gasteiger partial charge in [0, 0.05) is 39.8 Å². The second-order valence-corrected chi connectivity index (χ2v) is 12.2. The van der Waals surface area contributed by atoms with E-state index in [-0.39, 0.29) is 23.2 Å². The van der Waals surface area contributed by atoms with Gasteiger partial charge in [-0.3, -0.25) is 10.1 Å². The molecule has 5 rings (SSSR count). The lowest BCUT2D eigenvalue weighted by Gasteiger charge is -2.41. The van der Waals surface area contributed by atoms with Crippen molar-refractivity contribution in [2.45, 2.75) is 104 Å².